The molecule has 35 heavy (non-hydrogen) atoms. The molecule has 0 radical (unpaired) electrons. The minimum Gasteiger partial charge on any atom is -0.462 e. The molecule has 178 valence electrons. The van der Waals surface area contributed by atoms with Crippen LogP contribution in [0.15, 0.2) is 72.4 Å². The van der Waals surface area contributed by atoms with Crippen molar-refractivity contribution < 1.29 is 28.6 Å². The van der Waals surface area contributed by atoms with Gasteiger partial charge in [-0.3, -0.25) is 9.59 Å². The molecule has 0 spiro atoms. The SMILES string of the molecule is CCOC(=O)c1ccc(NC(=O)C(=Cc2ccc3c(c2)OCO3)NC(=O)c2ccc(C)cc2)cc1. The van der Waals surface area contributed by atoms with Crippen LogP contribution < -0.4 is 20.1 Å². The number of carbonyl (C=O) groups is 3. The van der Waals surface area contributed by atoms with E-state index in [4.69, 9.17) is 14.2 Å². The summed E-state index contributed by atoms with van der Waals surface area (Å²) in [6.07, 6.45) is 1.55. The van der Waals surface area contributed by atoms with E-state index >= 15 is 0 Å². The molecule has 1 heterocycles. The highest BCUT2D eigenvalue weighted by molar-refractivity contribution is 6.10. The molecule has 0 bridgehead atoms. The molecular weight excluding hydrogens is 448 g/mol. The topological polar surface area (TPSA) is 103 Å². The van der Waals surface area contributed by atoms with Gasteiger partial charge in [-0.2, -0.15) is 0 Å². The van der Waals surface area contributed by atoms with E-state index in [1.165, 1.54) is 0 Å². The van der Waals surface area contributed by atoms with Crippen LogP contribution in [-0.4, -0.2) is 31.2 Å². The lowest BCUT2D eigenvalue weighted by Crippen LogP contribution is -2.30. The van der Waals surface area contributed by atoms with E-state index in [0.717, 1.165) is 5.56 Å². The van der Waals surface area contributed by atoms with Crippen LogP contribution in [0.25, 0.3) is 6.08 Å². The lowest BCUT2D eigenvalue weighted by molar-refractivity contribution is -0.113. The first-order chi connectivity index (χ1) is 16.9. The Balaban J connectivity index is 1.57. The predicted octanol–water partition coefficient (Wildman–Crippen LogP) is 4.31. The Morgan fingerprint density at radius 3 is 2.31 bits per heavy atom. The van der Waals surface area contributed by atoms with Gasteiger partial charge < -0.3 is 24.8 Å². The van der Waals surface area contributed by atoms with Crippen molar-refractivity contribution in [3.63, 3.8) is 0 Å². The van der Waals surface area contributed by atoms with E-state index in [-0.39, 0.29) is 19.1 Å². The van der Waals surface area contributed by atoms with Crippen LogP contribution in [0.3, 0.4) is 0 Å². The molecule has 0 fully saturated rings. The number of carbonyl (C=O) groups excluding carboxylic acids is 3. The van der Waals surface area contributed by atoms with Gasteiger partial charge in [0.25, 0.3) is 11.8 Å². The third-order valence-corrected chi connectivity index (χ3v) is 5.17. The van der Waals surface area contributed by atoms with Crippen LogP contribution in [0, 0.1) is 6.92 Å². The number of aryl methyl sites for hydroxylation is 1. The minimum absolute atomic E-state index is 0.0314. The summed E-state index contributed by atoms with van der Waals surface area (Å²) in [7, 11) is 0. The molecule has 1 aliphatic heterocycles. The van der Waals surface area contributed by atoms with E-state index in [1.807, 2.05) is 19.1 Å². The highest BCUT2D eigenvalue weighted by Gasteiger charge is 2.17. The van der Waals surface area contributed by atoms with Crippen LogP contribution in [0.4, 0.5) is 5.69 Å². The number of ether oxygens (including phenoxy) is 3. The zero-order valence-electron chi connectivity index (χ0n) is 19.3. The van der Waals surface area contributed by atoms with Crippen molar-refractivity contribution in [2.24, 2.45) is 0 Å². The molecule has 0 unspecified atom stereocenters. The molecule has 2 amide bonds. The van der Waals surface area contributed by atoms with Gasteiger partial charge in [-0.25, -0.2) is 4.79 Å². The van der Waals surface area contributed by atoms with E-state index in [1.54, 1.807) is 67.6 Å². The van der Waals surface area contributed by atoms with E-state index in [0.29, 0.717) is 33.9 Å². The molecule has 2 N–H and O–H groups in total. The summed E-state index contributed by atoms with van der Waals surface area (Å²) in [5.41, 5.74) is 2.92. The monoisotopic (exact) mass is 472 g/mol. The Bertz CT molecular complexity index is 1280. The van der Waals surface area contributed by atoms with Crippen molar-refractivity contribution >= 4 is 29.5 Å². The number of anilines is 1. The van der Waals surface area contributed by atoms with E-state index in [9.17, 15) is 14.4 Å². The summed E-state index contributed by atoms with van der Waals surface area (Å²) in [6, 6.07) is 18.5. The first-order valence-corrected chi connectivity index (χ1v) is 11.0. The molecule has 1 aliphatic rings. The average Bonchev–Trinajstić information content (AvgIpc) is 3.32. The number of hydrogen-bond acceptors (Lipinski definition) is 6. The van der Waals surface area contributed by atoms with Crippen LogP contribution >= 0.6 is 0 Å². The number of benzene rings is 3. The highest BCUT2D eigenvalue weighted by Crippen LogP contribution is 2.33. The van der Waals surface area contributed by atoms with Gasteiger partial charge >= 0.3 is 5.97 Å². The normalized spacial score (nSPS) is 12.1. The lowest BCUT2D eigenvalue weighted by Gasteiger charge is -2.12. The minimum atomic E-state index is -0.535. The van der Waals surface area contributed by atoms with E-state index < -0.39 is 17.8 Å². The van der Waals surface area contributed by atoms with Gasteiger partial charge in [0.05, 0.1) is 12.2 Å². The van der Waals surface area contributed by atoms with Gasteiger partial charge in [0.2, 0.25) is 6.79 Å². The van der Waals surface area contributed by atoms with Gasteiger partial charge in [-0.1, -0.05) is 23.8 Å². The zero-order chi connectivity index (χ0) is 24.8. The molecule has 0 saturated carbocycles. The Morgan fingerprint density at radius 2 is 1.60 bits per heavy atom. The number of rotatable bonds is 7. The fraction of sp³-hybridized carbons (Fsp3) is 0.148. The predicted molar refractivity (Wildman–Crippen MR) is 130 cm³/mol. The smallest absolute Gasteiger partial charge is 0.338 e. The number of hydrogen-bond donors (Lipinski definition) is 2. The van der Waals surface area contributed by atoms with Crippen LogP contribution in [0.2, 0.25) is 0 Å². The molecule has 4 rings (SSSR count). The number of amides is 2. The molecular formula is C27H24N2O6. The molecule has 0 aliphatic carbocycles. The molecule has 3 aromatic carbocycles. The summed E-state index contributed by atoms with van der Waals surface area (Å²) < 4.78 is 15.7. The second-order valence-corrected chi connectivity index (χ2v) is 7.74. The first kappa shape index (κ1) is 23.6. The summed E-state index contributed by atoms with van der Waals surface area (Å²) in [5, 5.41) is 5.45. The standard InChI is InChI=1S/C27H24N2O6/c1-3-33-27(32)20-9-11-21(12-10-20)28-26(31)22(29-25(30)19-7-4-17(2)5-8-19)14-18-6-13-23-24(15-18)35-16-34-23/h4-15H,3,16H2,1-2H3,(H,28,31)(H,29,30). The number of nitrogens with one attached hydrogen (secondary N) is 2. The molecule has 8 nitrogen and oxygen atoms in total. The van der Waals surface area contributed by atoms with Crippen molar-refractivity contribution in [2.75, 3.05) is 18.7 Å². The van der Waals surface area contributed by atoms with Crippen molar-refractivity contribution in [3.05, 3.63) is 94.7 Å². The summed E-state index contributed by atoms with van der Waals surface area (Å²) in [4.78, 5) is 37.9. The molecule has 8 heteroatoms. The van der Waals surface area contributed by atoms with Crippen LogP contribution in [0.1, 0.15) is 38.8 Å². The van der Waals surface area contributed by atoms with Gasteiger partial charge in [0.1, 0.15) is 5.70 Å². The zero-order valence-corrected chi connectivity index (χ0v) is 19.3. The average molecular weight is 472 g/mol. The van der Waals surface area contributed by atoms with Crippen molar-refractivity contribution in [3.8, 4) is 11.5 Å². The van der Waals surface area contributed by atoms with Gasteiger partial charge in [0.15, 0.2) is 11.5 Å². The van der Waals surface area contributed by atoms with Gasteiger partial charge in [-0.05, 0) is 74.0 Å². The first-order valence-electron chi connectivity index (χ1n) is 11.0. The quantitative estimate of drug-likeness (QED) is 0.392. The van der Waals surface area contributed by atoms with Gasteiger partial charge in [-0.15, -0.1) is 0 Å². The van der Waals surface area contributed by atoms with Crippen molar-refractivity contribution in [1.82, 2.24) is 5.32 Å². The van der Waals surface area contributed by atoms with Crippen LogP contribution in [-0.2, 0) is 9.53 Å². The van der Waals surface area contributed by atoms with Crippen molar-refractivity contribution in [1.29, 1.82) is 0 Å². The summed E-state index contributed by atoms with van der Waals surface area (Å²) in [5.74, 6) is -0.243. The number of esters is 1. The maximum absolute atomic E-state index is 13.2. The molecule has 0 atom stereocenters. The highest BCUT2D eigenvalue weighted by atomic mass is 16.7. The number of fused-ring (bicyclic) bond motifs is 1. The lowest BCUT2D eigenvalue weighted by atomic mass is 10.1. The van der Waals surface area contributed by atoms with Crippen LogP contribution in [0.5, 0.6) is 11.5 Å². The van der Waals surface area contributed by atoms with E-state index in [2.05, 4.69) is 10.6 Å². The Morgan fingerprint density at radius 1 is 0.914 bits per heavy atom. The Kier molecular flexibility index (Phi) is 7.11. The largest absolute Gasteiger partial charge is 0.462 e. The molecule has 3 aromatic rings. The Labute approximate surface area is 202 Å². The maximum atomic E-state index is 13.2. The van der Waals surface area contributed by atoms with Crippen molar-refractivity contribution in [2.45, 2.75) is 13.8 Å². The third kappa shape index (κ3) is 5.86. The second kappa shape index (κ2) is 10.6. The molecule has 0 saturated heterocycles. The third-order valence-electron chi connectivity index (χ3n) is 5.17. The second-order valence-electron chi connectivity index (χ2n) is 7.74. The maximum Gasteiger partial charge on any atom is 0.338 e. The summed E-state index contributed by atoms with van der Waals surface area (Å²) >= 11 is 0. The summed E-state index contributed by atoms with van der Waals surface area (Å²) in [6.45, 7) is 4.05. The molecule has 0 aromatic heterocycles. The Hall–Kier alpha value is -4.59. The van der Waals surface area contributed by atoms with Gasteiger partial charge in [0, 0.05) is 11.3 Å². The fourth-order valence-electron chi connectivity index (χ4n) is 3.33. The fourth-order valence-corrected chi connectivity index (χ4v) is 3.33.